The number of furan rings is 1. The van der Waals surface area contributed by atoms with Crippen LogP contribution in [0.1, 0.15) is 34.5 Å². The Morgan fingerprint density at radius 1 is 0.950 bits per heavy atom. The van der Waals surface area contributed by atoms with Gasteiger partial charge in [0.15, 0.2) is 11.5 Å². The van der Waals surface area contributed by atoms with E-state index in [1.165, 1.54) is 31.1 Å². The number of methoxy groups -OCH3 is 2. The van der Waals surface area contributed by atoms with Crippen LogP contribution in [0.5, 0.6) is 11.5 Å². The molecule has 1 fully saturated rings. The van der Waals surface area contributed by atoms with Crippen LogP contribution in [-0.4, -0.2) is 53.2 Å². The second-order valence-corrected chi connectivity index (χ2v) is 9.53. The van der Waals surface area contributed by atoms with Crippen LogP contribution >= 0.6 is 0 Å². The van der Waals surface area contributed by atoms with Crippen molar-refractivity contribution in [2.45, 2.75) is 32.5 Å². The molecule has 0 atom stereocenters. The van der Waals surface area contributed by atoms with Crippen molar-refractivity contribution in [1.29, 1.82) is 0 Å². The Kier molecular flexibility index (Phi) is 7.72. The normalized spacial score (nSPS) is 13.0. The SMILES string of the molecule is COc1cc2c(=O)n(Cc3ccc(C(=O)NCc4ccco4)cc3)c(=O)n(CC(=O)N3CCCC3)c2cc1OC. The number of aromatic nitrogens is 2. The summed E-state index contributed by atoms with van der Waals surface area (Å²) < 4.78 is 18.4. The van der Waals surface area contributed by atoms with E-state index in [2.05, 4.69) is 5.32 Å². The number of fused-ring (bicyclic) bond motifs is 1. The number of nitrogens with zero attached hydrogens (tertiary/aromatic N) is 3. The van der Waals surface area contributed by atoms with E-state index >= 15 is 0 Å². The maximum Gasteiger partial charge on any atom is 0.332 e. The molecule has 40 heavy (non-hydrogen) atoms. The molecular weight excluding hydrogens is 516 g/mol. The molecule has 11 heteroatoms. The van der Waals surface area contributed by atoms with Gasteiger partial charge in [0.2, 0.25) is 5.91 Å². The van der Waals surface area contributed by atoms with Gasteiger partial charge in [0, 0.05) is 24.7 Å². The minimum absolute atomic E-state index is 0.0475. The average molecular weight is 547 g/mol. The first kappa shape index (κ1) is 26.8. The van der Waals surface area contributed by atoms with Gasteiger partial charge in [0.25, 0.3) is 11.5 Å². The minimum Gasteiger partial charge on any atom is -0.493 e. The Morgan fingerprint density at radius 2 is 1.65 bits per heavy atom. The molecule has 3 heterocycles. The predicted octanol–water partition coefficient (Wildman–Crippen LogP) is 2.37. The number of nitrogens with one attached hydrogen (secondary N) is 1. The van der Waals surface area contributed by atoms with Crippen molar-refractivity contribution in [3.05, 3.63) is 92.5 Å². The summed E-state index contributed by atoms with van der Waals surface area (Å²) in [6, 6.07) is 13.2. The van der Waals surface area contributed by atoms with Gasteiger partial charge < -0.3 is 24.1 Å². The molecule has 11 nitrogen and oxygen atoms in total. The van der Waals surface area contributed by atoms with Crippen LogP contribution in [0.15, 0.2) is 68.8 Å². The molecule has 4 aromatic rings. The molecule has 0 bridgehead atoms. The molecular formula is C29H30N4O7. The second-order valence-electron chi connectivity index (χ2n) is 9.53. The Bertz CT molecular complexity index is 1650. The number of amides is 2. The maximum absolute atomic E-state index is 13.7. The number of ether oxygens (including phenoxy) is 2. The largest absolute Gasteiger partial charge is 0.493 e. The first-order valence-electron chi connectivity index (χ1n) is 13.0. The Morgan fingerprint density at radius 3 is 2.30 bits per heavy atom. The smallest absolute Gasteiger partial charge is 0.332 e. The van der Waals surface area contributed by atoms with Crippen molar-refractivity contribution in [3.8, 4) is 11.5 Å². The summed E-state index contributed by atoms with van der Waals surface area (Å²) in [5.41, 5.74) is 0.217. The monoisotopic (exact) mass is 546 g/mol. The lowest BCUT2D eigenvalue weighted by Gasteiger charge is -2.19. The highest BCUT2D eigenvalue weighted by atomic mass is 16.5. The highest BCUT2D eigenvalue weighted by molar-refractivity contribution is 5.94. The van der Waals surface area contributed by atoms with E-state index < -0.39 is 11.2 Å². The summed E-state index contributed by atoms with van der Waals surface area (Å²) in [6.07, 6.45) is 3.37. The topological polar surface area (TPSA) is 125 Å². The summed E-state index contributed by atoms with van der Waals surface area (Å²) in [7, 11) is 2.92. The standard InChI is InChI=1S/C29H30N4O7/c1-38-24-14-22-23(15-25(24)39-2)32(18-26(34)31-11-3-4-12-31)29(37)33(28(22)36)17-19-7-9-20(10-8-19)27(35)30-16-21-6-5-13-40-21/h5-10,13-15H,3-4,11-12,16-18H2,1-2H3,(H,30,35). The molecule has 0 saturated carbocycles. The van der Waals surface area contributed by atoms with Crippen LogP contribution in [0, 0.1) is 0 Å². The van der Waals surface area contributed by atoms with Gasteiger partial charge in [-0.15, -0.1) is 0 Å². The van der Waals surface area contributed by atoms with Crippen LogP contribution in [-0.2, 0) is 24.4 Å². The van der Waals surface area contributed by atoms with E-state index in [1.807, 2.05) is 0 Å². The fourth-order valence-corrected chi connectivity index (χ4v) is 4.86. The zero-order chi connectivity index (χ0) is 28.2. The highest BCUT2D eigenvalue weighted by Crippen LogP contribution is 2.30. The lowest BCUT2D eigenvalue weighted by Crippen LogP contribution is -2.43. The average Bonchev–Trinajstić information content (AvgIpc) is 3.71. The molecule has 1 aliphatic heterocycles. The number of likely N-dealkylation sites (tertiary alicyclic amines) is 1. The fraction of sp³-hybridized carbons (Fsp3) is 0.310. The molecule has 2 amide bonds. The van der Waals surface area contributed by atoms with E-state index in [-0.39, 0.29) is 36.8 Å². The fourth-order valence-electron chi connectivity index (χ4n) is 4.86. The molecule has 5 rings (SSSR count). The van der Waals surface area contributed by atoms with Crippen LogP contribution in [0.3, 0.4) is 0 Å². The van der Waals surface area contributed by atoms with Gasteiger partial charge >= 0.3 is 5.69 Å². The molecule has 1 aliphatic rings. The zero-order valence-electron chi connectivity index (χ0n) is 22.3. The minimum atomic E-state index is -0.613. The molecule has 0 radical (unpaired) electrons. The molecule has 0 aliphatic carbocycles. The third kappa shape index (κ3) is 5.35. The van der Waals surface area contributed by atoms with Crippen molar-refractivity contribution in [3.63, 3.8) is 0 Å². The Hall–Kier alpha value is -4.80. The van der Waals surface area contributed by atoms with Gasteiger partial charge in [-0.3, -0.25) is 23.5 Å². The van der Waals surface area contributed by atoms with Gasteiger partial charge in [0.1, 0.15) is 12.3 Å². The predicted molar refractivity (Wildman–Crippen MR) is 147 cm³/mol. The van der Waals surface area contributed by atoms with Crippen molar-refractivity contribution in [2.24, 2.45) is 0 Å². The summed E-state index contributed by atoms with van der Waals surface area (Å²) in [5, 5.41) is 3.00. The number of carbonyl (C=O) groups is 2. The highest BCUT2D eigenvalue weighted by Gasteiger charge is 2.23. The molecule has 0 unspecified atom stereocenters. The number of rotatable bonds is 9. The summed E-state index contributed by atoms with van der Waals surface area (Å²) in [6.45, 7) is 1.28. The Balaban J connectivity index is 1.48. The molecule has 2 aromatic carbocycles. The number of benzene rings is 2. The quantitative estimate of drug-likeness (QED) is 0.342. The van der Waals surface area contributed by atoms with Gasteiger partial charge in [0.05, 0.1) is 44.5 Å². The third-order valence-corrected chi connectivity index (χ3v) is 7.04. The summed E-state index contributed by atoms with van der Waals surface area (Å²) in [4.78, 5) is 54.6. The van der Waals surface area contributed by atoms with Crippen molar-refractivity contribution < 1.29 is 23.5 Å². The van der Waals surface area contributed by atoms with Crippen LogP contribution in [0.25, 0.3) is 10.9 Å². The first-order chi connectivity index (χ1) is 19.4. The van der Waals surface area contributed by atoms with Crippen molar-refractivity contribution in [1.82, 2.24) is 19.4 Å². The van der Waals surface area contributed by atoms with E-state index in [0.29, 0.717) is 47.0 Å². The zero-order valence-corrected chi connectivity index (χ0v) is 22.3. The number of hydrogen-bond donors (Lipinski definition) is 1. The second kappa shape index (κ2) is 11.5. The number of carbonyl (C=O) groups excluding carboxylic acids is 2. The third-order valence-electron chi connectivity index (χ3n) is 7.04. The first-order valence-corrected chi connectivity index (χ1v) is 13.0. The number of hydrogen-bond acceptors (Lipinski definition) is 7. The Labute approximate surface area is 229 Å². The molecule has 2 aromatic heterocycles. The van der Waals surface area contributed by atoms with E-state index in [9.17, 15) is 19.2 Å². The lowest BCUT2D eigenvalue weighted by atomic mass is 10.1. The molecule has 208 valence electrons. The van der Waals surface area contributed by atoms with Crippen molar-refractivity contribution >= 4 is 22.7 Å². The lowest BCUT2D eigenvalue weighted by molar-refractivity contribution is -0.130. The van der Waals surface area contributed by atoms with Gasteiger partial charge in [-0.25, -0.2) is 4.79 Å². The molecule has 1 N–H and O–H groups in total. The van der Waals surface area contributed by atoms with Crippen LogP contribution < -0.4 is 26.0 Å². The van der Waals surface area contributed by atoms with E-state index in [1.54, 1.807) is 47.4 Å². The van der Waals surface area contributed by atoms with E-state index in [4.69, 9.17) is 13.9 Å². The van der Waals surface area contributed by atoms with Gasteiger partial charge in [-0.2, -0.15) is 0 Å². The summed E-state index contributed by atoms with van der Waals surface area (Å²) in [5.74, 6) is 0.837. The van der Waals surface area contributed by atoms with E-state index in [0.717, 1.165) is 17.4 Å². The molecule has 0 spiro atoms. The van der Waals surface area contributed by atoms with Gasteiger partial charge in [-0.1, -0.05) is 12.1 Å². The van der Waals surface area contributed by atoms with Crippen LogP contribution in [0.4, 0.5) is 0 Å². The summed E-state index contributed by atoms with van der Waals surface area (Å²) >= 11 is 0. The maximum atomic E-state index is 13.7. The van der Waals surface area contributed by atoms with Crippen molar-refractivity contribution in [2.75, 3.05) is 27.3 Å². The molecule has 1 saturated heterocycles. The van der Waals surface area contributed by atoms with Gasteiger partial charge in [-0.05, 0) is 48.7 Å². The van der Waals surface area contributed by atoms with Crippen LogP contribution in [0.2, 0.25) is 0 Å².